The number of piperidine rings is 1. The highest BCUT2D eigenvalue weighted by molar-refractivity contribution is 7.92. The van der Waals surface area contributed by atoms with Crippen LogP contribution in [0.2, 0.25) is 0 Å². The number of nitrogens with zero attached hydrogens (tertiary/aromatic N) is 3. The molecule has 1 atom stereocenters. The maximum Gasteiger partial charge on any atom is 0.271 e. The fourth-order valence-corrected chi connectivity index (χ4v) is 7.15. The molecular formula is C25H34N4O9S2. The second-order valence-electron chi connectivity index (χ2n) is 9.17. The average molecular weight is 599 g/mol. The van der Waals surface area contributed by atoms with Gasteiger partial charge in [-0.05, 0) is 49.6 Å². The maximum absolute atomic E-state index is 13.1. The lowest BCUT2D eigenvalue weighted by atomic mass is 10.1. The van der Waals surface area contributed by atoms with Crippen molar-refractivity contribution in [2.45, 2.75) is 43.5 Å². The van der Waals surface area contributed by atoms with E-state index in [1.807, 2.05) is 0 Å². The molecule has 2 aromatic rings. The molecule has 1 N–H and O–H groups in total. The van der Waals surface area contributed by atoms with Crippen LogP contribution in [0.15, 0.2) is 47.4 Å². The Morgan fingerprint density at radius 2 is 1.75 bits per heavy atom. The van der Waals surface area contributed by atoms with Crippen LogP contribution in [0.5, 0.6) is 11.5 Å². The van der Waals surface area contributed by atoms with Crippen molar-refractivity contribution in [3.8, 4) is 11.5 Å². The first-order valence-electron chi connectivity index (χ1n) is 12.7. The molecule has 1 aliphatic rings. The number of non-ortho nitro benzene ring substituents is 1. The Morgan fingerprint density at radius 1 is 1.10 bits per heavy atom. The number of nitro benzene ring substituents is 1. The molecule has 0 unspecified atom stereocenters. The van der Waals surface area contributed by atoms with E-state index in [-0.39, 0.29) is 41.6 Å². The zero-order valence-corrected chi connectivity index (χ0v) is 24.2. The molecule has 1 fully saturated rings. The summed E-state index contributed by atoms with van der Waals surface area (Å²) in [5.41, 5.74) is -0.486. The molecule has 0 spiro atoms. The Bertz CT molecular complexity index is 1410. The van der Waals surface area contributed by atoms with E-state index in [0.29, 0.717) is 18.8 Å². The molecule has 2 aromatic carbocycles. The van der Waals surface area contributed by atoms with Gasteiger partial charge in [-0.15, -0.1) is 0 Å². The van der Waals surface area contributed by atoms with Crippen LogP contribution in [0, 0.1) is 10.1 Å². The number of ether oxygens (including phenoxy) is 2. The summed E-state index contributed by atoms with van der Waals surface area (Å²) in [7, 11) is -6.33. The van der Waals surface area contributed by atoms with Gasteiger partial charge in [-0.2, -0.15) is 4.31 Å². The van der Waals surface area contributed by atoms with Crippen LogP contribution in [0.4, 0.5) is 11.4 Å². The molecule has 0 aromatic heterocycles. The Balaban J connectivity index is 1.66. The number of sulfonamides is 2. The third-order valence-electron chi connectivity index (χ3n) is 6.39. The summed E-state index contributed by atoms with van der Waals surface area (Å²) in [4.78, 5) is 23.9. The van der Waals surface area contributed by atoms with Crippen LogP contribution in [0.3, 0.4) is 0 Å². The molecule has 1 aliphatic heterocycles. The van der Waals surface area contributed by atoms with Gasteiger partial charge in [0, 0.05) is 25.2 Å². The van der Waals surface area contributed by atoms with Crippen molar-refractivity contribution in [3.63, 3.8) is 0 Å². The molecule has 0 bridgehead atoms. The highest BCUT2D eigenvalue weighted by Gasteiger charge is 2.34. The standard InChI is InChI=1S/C25H34N4O9S2/c1-4-22(28(39(3,33)34)23-18-19(29(31)32)8-13-24(23)37-2)25(30)26-14-17-38-20-9-11-21(12-10-20)40(35,36)27-15-6-5-7-16-27/h8-13,18,22H,4-7,14-17H2,1-3H3,(H,26,30)/t22-/m0/s1. The predicted molar refractivity (Wildman–Crippen MR) is 149 cm³/mol. The summed E-state index contributed by atoms with van der Waals surface area (Å²) >= 11 is 0. The quantitative estimate of drug-likeness (QED) is 0.207. The average Bonchev–Trinajstić information content (AvgIpc) is 2.93. The van der Waals surface area contributed by atoms with Crippen molar-refractivity contribution in [2.24, 2.45) is 0 Å². The summed E-state index contributed by atoms with van der Waals surface area (Å²) < 4.78 is 64.2. The SMILES string of the molecule is CC[C@@H](C(=O)NCCOc1ccc(S(=O)(=O)N2CCCCC2)cc1)N(c1cc([N+](=O)[O-])ccc1OC)S(C)(=O)=O. The highest BCUT2D eigenvalue weighted by Crippen LogP contribution is 2.35. The van der Waals surface area contributed by atoms with Gasteiger partial charge >= 0.3 is 0 Å². The van der Waals surface area contributed by atoms with E-state index in [1.54, 1.807) is 6.92 Å². The molecule has 220 valence electrons. The molecule has 0 radical (unpaired) electrons. The molecular weight excluding hydrogens is 564 g/mol. The van der Waals surface area contributed by atoms with Gasteiger partial charge in [0.15, 0.2) is 0 Å². The fourth-order valence-electron chi connectivity index (χ4n) is 4.42. The Labute approximate surface area is 234 Å². The summed E-state index contributed by atoms with van der Waals surface area (Å²) in [5, 5.41) is 13.9. The number of carbonyl (C=O) groups is 1. The molecule has 40 heavy (non-hydrogen) atoms. The molecule has 15 heteroatoms. The number of hydrogen-bond donors (Lipinski definition) is 1. The number of amides is 1. The Morgan fingerprint density at radius 3 is 2.30 bits per heavy atom. The zero-order valence-electron chi connectivity index (χ0n) is 22.6. The van der Waals surface area contributed by atoms with E-state index >= 15 is 0 Å². The minimum atomic E-state index is -4.06. The summed E-state index contributed by atoms with van der Waals surface area (Å²) in [6.45, 7) is 2.67. The van der Waals surface area contributed by atoms with Crippen molar-refractivity contribution in [1.82, 2.24) is 9.62 Å². The summed E-state index contributed by atoms with van der Waals surface area (Å²) in [6.07, 6.45) is 3.67. The number of hydrogen-bond acceptors (Lipinski definition) is 9. The van der Waals surface area contributed by atoms with Crippen LogP contribution in [0.1, 0.15) is 32.6 Å². The van der Waals surface area contributed by atoms with Crippen molar-refractivity contribution >= 4 is 37.3 Å². The number of nitro groups is 1. The van der Waals surface area contributed by atoms with Crippen molar-refractivity contribution in [1.29, 1.82) is 0 Å². The van der Waals surface area contributed by atoms with Crippen molar-refractivity contribution < 1.29 is 36.0 Å². The topological polar surface area (TPSA) is 165 Å². The summed E-state index contributed by atoms with van der Waals surface area (Å²) in [5.74, 6) is -0.178. The second-order valence-corrected chi connectivity index (χ2v) is 13.0. The second kappa shape index (κ2) is 13.3. The van der Waals surface area contributed by atoms with Crippen LogP contribution in [0.25, 0.3) is 0 Å². The van der Waals surface area contributed by atoms with E-state index in [1.165, 1.54) is 47.8 Å². The maximum atomic E-state index is 13.1. The number of carbonyl (C=O) groups excluding carboxylic acids is 1. The molecule has 1 heterocycles. The highest BCUT2D eigenvalue weighted by atomic mass is 32.2. The predicted octanol–water partition coefficient (Wildman–Crippen LogP) is 2.52. The first kappa shape index (κ1) is 31.1. The lowest BCUT2D eigenvalue weighted by Crippen LogP contribution is -2.50. The number of benzene rings is 2. The van der Waals surface area contributed by atoms with Crippen LogP contribution >= 0.6 is 0 Å². The number of methoxy groups -OCH3 is 1. The first-order valence-corrected chi connectivity index (χ1v) is 16.0. The van der Waals surface area contributed by atoms with Crippen LogP contribution < -0.4 is 19.1 Å². The first-order chi connectivity index (χ1) is 18.9. The van der Waals surface area contributed by atoms with E-state index in [2.05, 4.69) is 5.32 Å². The van der Waals surface area contributed by atoms with Gasteiger partial charge in [-0.3, -0.25) is 19.2 Å². The molecule has 1 saturated heterocycles. The number of anilines is 1. The molecule has 0 aliphatic carbocycles. The lowest BCUT2D eigenvalue weighted by Gasteiger charge is -2.30. The monoisotopic (exact) mass is 598 g/mol. The van der Waals surface area contributed by atoms with Gasteiger partial charge in [0.05, 0.1) is 29.7 Å². The van der Waals surface area contributed by atoms with Gasteiger partial charge in [-0.25, -0.2) is 16.8 Å². The number of rotatable bonds is 13. The van der Waals surface area contributed by atoms with E-state index in [9.17, 15) is 31.7 Å². The van der Waals surface area contributed by atoms with E-state index < -0.39 is 36.9 Å². The molecule has 3 rings (SSSR count). The number of nitrogens with one attached hydrogen (secondary N) is 1. The van der Waals surface area contributed by atoms with Gasteiger partial charge in [0.1, 0.15) is 29.8 Å². The van der Waals surface area contributed by atoms with Gasteiger partial charge in [0.2, 0.25) is 26.0 Å². The van der Waals surface area contributed by atoms with E-state index in [0.717, 1.165) is 35.9 Å². The minimum absolute atomic E-state index is 0.0207. The summed E-state index contributed by atoms with van der Waals surface area (Å²) in [6, 6.07) is 8.30. The normalized spacial score (nSPS) is 15.2. The third-order valence-corrected chi connectivity index (χ3v) is 9.47. The molecule has 13 nitrogen and oxygen atoms in total. The Hall–Kier alpha value is -3.43. The smallest absolute Gasteiger partial charge is 0.271 e. The fraction of sp³-hybridized carbons (Fsp3) is 0.480. The van der Waals surface area contributed by atoms with Crippen LogP contribution in [-0.2, 0) is 24.8 Å². The molecule has 1 amide bonds. The lowest BCUT2D eigenvalue weighted by molar-refractivity contribution is -0.384. The van der Waals surface area contributed by atoms with Crippen LogP contribution in [-0.4, -0.2) is 77.6 Å². The minimum Gasteiger partial charge on any atom is -0.495 e. The molecule has 0 saturated carbocycles. The zero-order chi connectivity index (χ0) is 29.5. The third kappa shape index (κ3) is 7.40. The van der Waals surface area contributed by atoms with Gasteiger partial charge < -0.3 is 14.8 Å². The van der Waals surface area contributed by atoms with E-state index in [4.69, 9.17) is 9.47 Å². The van der Waals surface area contributed by atoms with Crippen molar-refractivity contribution in [3.05, 3.63) is 52.6 Å². The largest absolute Gasteiger partial charge is 0.495 e. The van der Waals surface area contributed by atoms with Gasteiger partial charge in [0.25, 0.3) is 5.69 Å². The van der Waals surface area contributed by atoms with Gasteiger partial charge in [-0.1, -0.05) is 13.3 Å². The Kier molecular flexibility index (Phi) is 10.3. The van der Waals surface area contributed by atoms with Crippen molar-refractivity contribution in [2.75, 3.05) is 43.9 Å².